The fourth-order valence-corrected chi connectivity index (χ4v) is 0.901. The Kier molecular flexibility index (Phi) is 4.66. The largest absolute Gasteiger partial charge is 1.00 e. The van der Waals surface area contributed by atoms with Crippen molar-refractivity contribution in [3.63, 3.8) is 0 Å². The van der Waals surface area contributed by atoms with Crippen molar-refractivity contribution in [1.29, 1.82) is 0 Å². The van der Waals surface area contributed by atoms with Crippen molar-refractivity contribution in [3.8, 4) is 11.7 Å². The Morgan fingerprint density at radius 3 is 1.67 bits per heavy atom. The fourth-order valence-electron chi connectivity index (χ4n) is 0.901. The van der Waals surface area contributed by atoms with E-state index in [-0.39, 0.29) is 17.1 Å². The Bertz CT molecular complexity index is 389. The van der Waals surface area contributed by atoms with Crippen LogP contribution in [0.25, 0.3) is 0 Å². The van der Waals surface area contributed by atoms with E-state index in [9.17, 15) is 17.6 Å². The van der Waals surface area contributed by atoms with Crippen LogP contribution in [0.2, 0.25) is 0 Å². The van der Waals surface area contributed by atoms with Crippen LogP contribution in [0.15, 0.2) is 0 Å². The van der Waals surface area contributed by atoms with Crippen molar-refractivity contribution in [1.82, 2.24) is 0 Å². The zero-order valence-electron chi connectivity index (χ0n) is 7.22. The van der Waals surface area contributed by atoms with Gasteiger partial charge in [-0.15, -0.1) is 0 Å². The first-order valence-corrected chi connectivity index (χ1v) is 3.37. The predicted molar refractivity (Wildman–Crippen MR) is 39.1 cm³/mol. The van der Waals surface area contributed by atoms with E-state index in [4.69, 9.17) is 6.42 Å². The SMILES string of the molecule is [C-]#Cc1c(F)c(F)c(OC)c(F)c1F.[Cu+]. The van der Waals surface area contributed by atoms with Gasteiger partial charge in [0.1, 0.15) is 0 Å². The molecule has 0 aromatic heterocycles. The maximum absolute atomic E-state index is 12.9. The fraction of sp³-hybridized carbons (Fsp3) is 0.111. The summed E-state index contributed by atoms with van der Waals surface area (Å²) in [5.41, 5.74) is -1.19. The molecule has 0 aliphatic rings. The van der Waals surface area contributed by atoms with Crippen molar-refractivity contribution < 1.29 is 39.4 Å². The molecule has 0 radical (unpaired) electrons. The summed E-state index contributed by atoms with van der Waals surface area (Å²) in [4.78, 5) is 0. The molecule has 0 spiro atoms. The molecule has 0 unspecified atom stereocenters. The molecule has 0 fully saturated rings. The smallest absolute Gasteiger partial charge is 0.491 e. The number of benzene rings is 1. The van der Waals surface area contributed by atoms with Crippen LogP contribution in [-0.2, 0) is 17.1 Å². The summed E-state index contributed by atoms with van der Waals surface area (Å²) in [7, 11) is 0.869. The summed E-state index contributed by atoms with van der Waals surface area (Å²) >= 11 is 0. The van der Waals surface area contributed by atoms with Crippen molar-refractivity contribution in [2.75, 3.05) is 7.11 Å². The van der Waals surface area contributed by atoms with Gasteiger partial charge >= 0.3 is 17.1 Å². The van der Waals surface area contributed by atoms with Gasteiger partial charge in [-0.25, -0.2) is 17.6 Å². The Balaban J connectivity index is 0.00000196. The number of rotatable bonds is 1. The molecule has 0 aliphatic heterocycles. The van der Waals surface area contributed by atoms with E-state index < -0.39 is 34.6 Å². The maximum atomic E-state index is 12.9. The Morgan fingerprint density at radius 1 is 1.00 bits per heavy atom. The van der Waals surface area contributed by atoms with Crippen molar-refractivity contribution in [2.45, 2.75) is 0 Å². The van der Waals surface area contributed by atoms with E-state index in [0.29, 0.717) is 0 Å². The summed E-state index contributed by atoms with van der Waals surface area (Å²) in [6.45, 7) is 0. The van der Waals surface area contributed by atoms with Crippen molar-refractivity contribution in [3.05, 3.63) is 35.3 Å². The van der Waals surface area contributed by atoms with E-state index in [2.05, 4.69) is 4.74 Å². The second-order valence-electron chi connectivity index (χ2n) is 2.29. The number of halogens is 4. The normalized spacial score (nSPS) is 9.07. The van der Waals surface area contributed by atoms with Gasteiger partial charge in [0.2, 0.25) is 0 Å². The van der Waals surface area contributed by atoms with Crippen LogP contribution >= 0.6 is 0 Å². The van der Waals surface area contributed by atoms with Gasteiger partial charge in [-0.05, 0) is 0 Å². The standard InChI is InChI=1S/C9H3F4O.Cu/c1-3-4-5(10)7(12)9(14-2)8(13)6(4)11;/h2H3;/q-1;+1. The zero-order valence-corrected chi connectivity index (χ0v) is 8.16. The van der Waals surface area contributed by atoms with Crippen LogP contribution in [0, 0.1) is 35.6 Å². The minimum Gasteiger partial charge on any atom is -0.491 e. The van der Waals surface area contributed by atoms with Crippen LogP contribution in [0.3, 0.4) is 0 Å². The summed E-state index contributed by atoms with van der Waals surface area (Å²) in [6.07, 6.45) is 6.44. The molecule has 0 saturated carbocycles. The van der Waals surface area contributed by atoms with Gasteiger partial charge in [0.05, 0.1) is 18.7 Å². The molecule has 0 amide bonds. The summed E-state index contributed by atoms with van der Waals surface area (Å²) in [5, 5.41) is 0. The molecule has 84 valence electrons. The molecule has 0 atom stereocenters. The number of hydrogen-bond donors (Lipinski definition) is 0. The molecular formula is C9H3CuF4O. The molecule has 0 saturated heterocycles. The monoisotopic (exact) mass is 266 g/mol. The number of ether oxygens (including phenoxy) is 1. The molecule has 1 nitrogen and oxygen atoms in total. The quantitative estimate of drug-likeness (QED) is 0.249. The molecule has 1 rings (SSSR count). The predicted octanol–water partition coefficient (Wildman–Crippen LogP) is 2.19. The van der Waals surface area contributed by atoms with E-state index in [1.807, 2.05) is 0 Å². The molecule has 15 heavy (non-hydrogen) atoms. The third kappa shape index (κ3) is 2.09. The summed E-state index contributed by atoms with van der Waals surface area (Å²) in [6, 6.07) is 0. The number of hydrogen-bond acceptors (Lipinski definition) is 1. The van der Waals surface area contributed by atoms with Crippen molar-refractivity contribution >= 4 is 0 Å². The van der Waals surface area contributed by atoms with Crippen LogP contribution < -0.4 is 4.74 Å². The van der Waals surface area contributed by atoms with Gasteiger partial charge < -0.3 is 11.2 Å². The average molecular weight is 267 g/mol. The Hall–Kier alpha value is -1.18. The molecule has 1 aromatic rings. The van der Waals surface area contributed by atoms with Crippen LogP contribution in [0.5, 0.6) is 5.75 Å². The van der Waals surface area contributed by atoms with Crippen LogP contribution in [0.4, 0.5) is 17.6 Å². The third-order valence-electron chi connectivity index (χ3n) is 1.55. The van der Waals surface area contributed by atoms with Crippen LogP contribution in [-0.4, -0.2) is 7.11 Å². The van der Waals surface area contributed by atoms with Gasteiger partial charge in [-0.1, -0.05) is 5.56 Å². The van der Waals surface area contributed by atoms with E-state index in [0.717, 1.165) is 7.11 Å². The first-order valence-electron chi connectivity index (χ1n) is 3.37. The summed E-state index contributed by atoms with van der Waals surface area (Å²) < 4.78 is 55.5. The van der Waals surface area contributed by atoms with E-state index >= 15 is 0 Å². The minimum absolute atomic E-state index is 0. The van der Waals surface area contributed by atoms with Gasteiger partial charge in [0.15, 0.2) is 17.4 Å². The minimum atomic E-state index is -1.70. The molecule has 0 N–H and O–H groups in total. The first kappa shape index (κ1) is 13.8. The first-order chi connectivity index (χ1) is 6.54. The van der Waals surface area contributed by atoms with Gasteiger partial charge in [-0.3, -0.25) is 5.92 Å². The number of methoxy groups -OCH3 is 1. The topological polar surface area (TPSA) is 9.23 Å². The molecule has 0 heterocycles. The van der Waals surface area contributed by atoms with E-state index in [1.165, 1.54) is 5.92 Å². The molecule has 0 bridgehead atoms. The second kappa shape index (κ2) is 5.06. The third-order valence-corrected chi connectivity index (χ3v) is 1.55. The van der Waals surface area contributed by atoms with Crippen LogP contribution in [0.1, 0.15) is 5.56 Å². The summed E-state index contributed by atoms with van der Waals surface area (Å²) in [5.74, 6) is -6.65. The Labute approximate surface area is 93.9 Å². The zero-order chi connectivity index (χ0) is 10.9. The van der Waals surface area contributed by atoms with Gasteiger partial charge in [0.25, 0.3) is 0 Å². The molecule has 1 aromatic carbocycles. The van der Waals surface area contributed by atoms with Crippen molar-refractivity contribution in [2.24, 2.45) is 0 Å². The van der Waals surface area contributed by atoms with Gasteiger partial charge in [-0.2, -0.15) is 0 Å². The van der Waals surface area contributed by atoms with Gasteiger partial charge in [0, 0.05) is 0 Å². The van der Waals surface area contributed by atoms with E-state index in [1.54, 1.807) is 0 Å². The Morgan fingerprint density at radius 2 is 1.40 bits per heavy atom. The molecular weight excluding hydrogens is 264 g/mol. The molecule has 0 aliphatic carbocycles. The second-order valence-corrected chi connectivity index (χ2v) is 2.29. The molecule has 6 heteroatoms. The maximum Gasteiger partial charge on any atom is 1.00 e. The average Bonchev–Trinajstić information content (AvgIpc) is 2.17.